The normalized spacial score (nSPS) is 14.4. The third-order valence-corrected chi connectivity index (χ3v) is 18.3. The van der Waals surface area contributed by atoms with Gasteiger partial charge in [0.25, 0.3) is 0 Å². The van der Waals surface area contributed by atoms with Gasteiger partial charge in [-0.3, -0.25) is 0 Å². The maximum absolute atomic E-state index is 6.75. The van der Waals surface area contributed by atoms with E-state index in [0.717, 1.165) is 39.7 Å². The molecule has 2 spiro atoms. The van der Waals surface area contributed by atoms with E-state index >= 15 is 0 Å². The van der Waals surface area contributed by atoms with E-state index in [0.29, 0.717) is 0 Å². The molecule has 4 aliphatic rings. The van der Waals surface area contributed by atoms with Crippen molar-refractivity contribution in [1.29, 1.82) is 0 Å². The molecule has 11 aromatic carbocycles. The Morgan fingerprint density at radius 3 is 1.60 bits per heavy atom. The van der Waals surface area contributed by atoms with Gasteiger partial charge in [0.2, 0.25) is 0 Å². The summed E-state index contributed by atoms with van der Waals surface area (Å²) >= 11 is 3.75. The van der Waals surface area contributed by atoms with E-state index in [-0.39, 0.29) is 0 Å². The molecule has 336 valence electrons. The molecule has 1 aromatic heterocycles. The summed E-state index contributed by atoms with van der Waals surface area (Å²) in [5.41, 5.74) is 19.8. The van der Waals surface area contributed by atoms with Crippen molar-refractivity contribution in [3.63, 3.8) is 0 Å². The Hall–Kier alpha value is -8.41. The van der Waals surface area contributed by atoms with Crippen LogP contribution in [0.5, 0.6) is 11.5 Å². The highest BCUT2D eigenvalue weighted by atomic mass is 32.2. The first kappa shape index (κ1) is 40.3. The number of thiophene rings is 1. The van der Waals surface area contributed by atoms with Crippen LogP contribution in [-0.2, 0) is 10.8 Å². The van der Waals surface area contributed by atoms with E-state index in [1.807, 2.05) is 23.1 Å². The van der Waals surface area contributed by atoms with Gasteiger partial charge in [0, 0.05) is 58.0 Å². The molecule has 3 heterocycles. The number of anilines is 3. The summed E-state index contributed by atoms with van der Waals surface area (Å²) in [6.07, 6.45) is 0. The standard InChI is InChI=1S/C68H41NOS2/c1-4-19-51-46(16-1)50-41-45(37-39-53(50)67(51)56-23-8-13-30-63(56)72-64-31-14-9-24-57(64)67)69(44-35-32-42(33-36-44)43-34-38-48-47-17-3-12-29-62(47)71-65(48)40-43)59-26-15-25-58-66(59)49-18-2-5-20-52(49)68(58)54-21-6-10-27-60(54)70-61-28-11-7-22-55(61)68/h1-41H. The Morgan fingerprint density at radius 1 is 0.333 bits per heavy atom. The van der Waals surface area contributed by atoms with Gasteiger partial charge in [0.15, 0.2) is 0 Å². The van der Waals surface area contributed by atoms with Crippen molar-refractivity contribution in [2.45, 2.75) is 20.6 Å². The number of hydrogen-bond donors (Lipinski definition) is 0. The van der Waals surface area contributed by atoms with E-state index in [1.54, 1.807) is 0 Å². The maximum atomic E-state index is 6.75. The van der Waals surface area contributed by atoms with Gasteiger partial charge in [-0.05, 0) is 128 Å². The maximum Gasteiger partial charge on any atom is 0.132 e. The molecule has 0 fully saturated rings. The number of para-hydroxylation sites is 2. The van der Waals surface area contributed by atoms with Gasteiger partial charge < -0.3 is 9.64 Å². The number of benzene rings is 11. The van der Waals surface area contributed by atoms with E-state index in [1.165, 1.54) is 96.7 Å². The molecule has 0 saturated heterocycles. The molecule has 2 nitrogen and oxygen atoms in total. The quantitative estimate of drug-likeness (QED) is 0.174. The lowest BCUT2D eigenvalue weighted by atomic mass is 9.66. The summed E-state index contributed by atoms with van der Waals surface area (Å²) in [5.74, 6) is 1.78. The van der Waals surface area contributed by atoms with Crippen molar-refractivity contribution >= 4 is 60.3 Å². The zero-order chi connectivity index (χ0) is 47.1. The van der Waals surface area contributed by atoms with E-state index < -0.39 is 10.8 Å². The van der Waals surface area contributed by atoms with Crippen molar-refractivity contribution in [2.24, 2.45) is 0 Å². The lowest BCUT2D eigenvalue weighted by Gasteiger charge is -2.40. The Labute approximate surface area is 426 Å². The summed E-state index contributed by atoms with van der Waals surface area (Å²) in [6.45, 7) is 0. The lowest BCUT2D eigenvalue weighted by molar-refractivity contribution is 0.436. The minimum Gasteiger partial charge on any atom is -0.457 e. The summed E-state index contributed by atoms with van der Waals surface area (Å²) < 4.78 is 9.38. The molecule has 0 N–H and O–H groups in total. The van der Waals surface area contributed by atoms with Gasteiger partial charge in [-0.25, -0.2) is 0 Å². The summed E-state index contributed by atoms with van der Waals surface area (Å²) in [6, 6.07) is 92.9. The molecule has 16 rings (SSSR count). The molecule has 0 radical (unpaired) electrons. The van der Waals surface area contributed by atoms with Crippen molar-refractivity contribution in [2.75, 3.05) is 4.90 Å². The Kier molecular flexibility index (Phi) is 8.43. The monoisotopic (exact) mass is 951 g/mol. The highest BCUT2D eigenvalue weighted by molar-refractivity contribution is 7.99. The molecule has 0 amide bonds. The summed E-state index contributed by atoms with van der Waals surface area (Å²) in [7, 11) is 0. The van der Waals surface area contributed by atoms with Crippen molar-refractivity contribution in [3.05, 3.63) is 293 Å². The Bertz CT molecular complexity index is 4170. The third kappa shape index (κ3) is 5.30. The van der Waals surface area contributed by atoms with E-state index in [2.05, 4.69) is 254 Å². The molecule has 72 heavy (non-hydrogen) atoms. The lowest BCUT2D eigenvalue weighted by Crippen LogP contribution is -2.32. The predicted molar refractivity (Wildman–Crippen MR) is 298 cm³/mol. The number of rotatable bonds is 4. The molecular formula is C68H41NOS2. The van der Waals surface area contributed by atoms with Crippen LogP contribution in [0.1, 0.15) is 44.5 Å². The topological polar surface area (TPSA) is 12.5 Å². The molecule has 4 heteroatoms. The van der Waals surface area contributed by atoms with Crippen LogP contribution in [0.25, 0.3) is 53.6 Å². The summed E-state index contributed by atoms with van der Waals surface area (Å²) in [4.78, 5) is 5.14. The molecule has 2 aliphatic carbocycles. The zero-order valence-electron chi connectivity index (χ0n) is 38.8. The van der Waals surface area contributed by atoms with Crippen LogP contribution < -0.4 is 9.64 Å². The largest absolute Gasteiger partial charge is 0.457 e. The van der Waals surface area contributed by atoms with Crippen LogP contribution in [-0.4, -0.2) is 0 Å². The van der Waals surface area contributed by atoms with Gasteiger partial charge in [-0.1, -0.05) is 194 Å². The predicted octanol–water partition coefficient (Wildman–Crippen LogP) is 18.5. The SMILES string of the molecule is c1ccc2c(c1)Oc1ccccc1C21c2ccccc2-c2c(N(c3ccc(-c4ccc5c(c4)sc4ccccc45)cc3)c3ccc4c(c3)-c3ccccc3C43c4ccccc4Sc4ccccc43)cccc21. The van der Waals surface area contributed by atoms with Crippen LogP contribution in [0, 0.1) is 0 Å². The molecular weight excluding hydrogens is 911 g/mol. The molecule has 2 aliphatic heterocycles. The molecule has 0 atom stereocenters. The minimum absolute atomic E-state index is 0.464. The first-order chi connectivity index (χ1) is 35.7. The number of fused-ring (bicyclic) bond motifs is 21. The number of hydrogen-bond acceptors (Lipinski definition) is 4. The van der Waals surface area contributed by atoms with Crippen LogP contribution in [0.4, 0.5) is 17.1 Å². The average molecular weight is 952 g/mol. The highest BCUT2D eigenvalue weighted by Gasteiger charge is 2.53. The minimum atomic E-state index is -0.600. The number of nitrogens with zero attached hydrogens (tertiary/aromatic N) is 1. The fraction of sp³-hybridized carbons (Fsp3) is 0.0294. The zero-order valence-corrected chi connectivity index (χ0v) is 40.5. The fourth-order valence-electron chi connectivity index (χ4n) is 13.2. The van der Waals surface area contributed by atoms with Crippen molar-refractivity contribution in [1.82, 2.24) is 0 Å². The second-order valence-corrected chi connectivity index (χ2v) is 21.6. The van der Waals surface area contributed by atoms with Crippen LogP contribution in [0.3, 0.4) is 0 Å². The molecule has 0 unspecified atom stereocenters. The van der Waals surface area contributed by atoms with Gasteiger partial charge >= 0.3 is 0 Å². The van der Waals surface area contributed by atoms with Crippen LogP contribution in [0.2, 0.25) is 0 Å². The summed E-state index contributed by atoms with van der Waals surface area (Å²) in [5, 5.41) is 2.63. The van der Waals surface area contributed by atoms with Crippen LogP contribution in [0.15, 0.2) is 259 Å². The van der Waals surface area contributed by atoms with Gasteiger partial charge in [0.1, 0.15) is 11.5 Å². The molecule has 12 aromatic rings. The van der Waals surface area contributed by atoms with Crippen LogP contribution >= 0.6 is 23.1 Å². The smallest absolute Gasteiger partial charge is 0.132 e. The van der Waals surface area contributed by atoms with E-state index in [4.69, 9.17) is 4.74 Å². The molecule has 0 saturated carbocycles. The second kappa shape index (κ2) is 15.1. The van der Waals surface area contributed by atoms with Gasteiger partial charge in [-0.2, -0.15) is 0 Å². The van der Waals surface area contributed by atoms with E-state index in [9.17, 15) is 0 Å². The van der Waals surface area contributed by atoms with Gasteiger partial charge in [0.05, 0.1) is 16.5 Å². The first-order valence-corrected chi connectivity index (χ1v) is 26.4. The average Bonchev–Trinajstić information content (AvgIpc) is 4.06. The highest BCUT2D eigenvalue weighted by Crippen LogP contribution is 2.66. The van der Waals surface area contributed by atoms with Crippen molar-refractivity contribution in [3.8, 4) is 44.9 Å². The second-order valence-electron chi connectivity index (χ2n) is 19.4. The Morgan fingerprint density at radius 2 is 0.861 bits per heavy atom. The van der Waals surface area contributed by atoms with Gasteiger partial charge in [-0.15, -0.1) is 11.3 Å². The molecule has 0 bridgehead atoms. The number of ether oxygens (including phenoxy) is 1. The first-order valence-electron chi connectivity index (χ1n) is 24.7. The van der Waals surface area contributed by atoms with Crippen molar-refractivity contribution < 1.29 is 4.74 Å². The fourth-order valence-corrected chi connectivity index (χ4v) is 15.5. The third-order valence-electron chi connectivity index (χ3n) is 16.0. The Balaban J connectivity index is 0.944.